The van der Waals surface area contributed by atoms with Crippen LogP contribution in [0.1, 0.15) is 21.7 Å². The minimum absolute atomic E-state index is 0.0694. The van der Waals surface area contributed by atoms with Crippen LogP contribution < -0.4 is 19.5 Å². The quantitative estimate of drug-likeness (QED) is 0.250. The van der Waals surface area contributed by atoms with Gasteiger partial charge < -0.3 is 23.9 Å². The van der Waals surface area contributed by atoms with Crippen molar-refractivity contribution < 1.29 is 28.2 Å². The average molecular weight is 432 g/mol. The maximum absolute atomic E-state index is 12.6. The first-order valence-electron chi connectivity index (χ1n) is 9.51. The highest BCUT2D eigenvalue weighted by Crippen LogP contribution is 2.29. The summed E-state index contributed by atoms with van der Waals surface area (Å²) in [6.07, 6.45) is 2.94. The Morgan fingerprint density at radius 3 is 2.28 bits per heavy atom. The summed E-state index contributed by atoms with van der Waals surface area (Å²) in [5, 5.41) is 11.9. The van der Waals surface area contributed by atoms with E-state index < -0.39 is 11.9 Å². The van der Waals surface area contributed by atoms with E-state index in [0.29, 0.717) is 22.8 Å². The van der Waals surface area contributed by atoms with Crippen LogP contribution >= 0.6 is 0 Å². The van der Waals surface area contributed by atoms with Crippen LogP contribution in [0.5, 0.6) is 17.2 Å². The lowest BCUT2D eigenvalue weighted by Gasteiger charge is -2.12. The normalized spacial score (nSPS) is 10.7. The lowest BCUT2D eigenvalue weighted by molar-refractivity contribution is -0.117. The molecule has 0 aliphatic heterocycles. The molecule has 2 aromatic carbocycles. The fourth-order valence-electron chi connectivity index (χ4n) is 2.83. The van der Waals surface area contributed by atoms with Crippen LogP contribution in [0.15, 0.2) is 70.9 Å². The van der Waals surface area contributed by atoms with Crippen molar-refractivity contribution in [3.8, 4) is 23.3 Å². The number of carbonyl (C=O) groups excluding carboxylic acids is 2. The molecule has 3 aromatic rings. The molecule has 0 saturated heterocycles. The van der Waals surface area contributed by atoms with Gasteiger partial charge in [0.2, 0.25) is 0 Å². The molecule has 32 heavy (non-hydrogen) atoms. The van der Waals surface area contributed by atoms with Crippen molar-refractivity contribution in [3.63, 3.8) is 0 Å². The van der Waals surface area contributed by atoms with Gasteiger partial charge in [-0.3, -0.25) is 4.79 Å². The minimum atomic E-state index is -0.641. The molecule has 0 unspecified atom stereocenters. The second kappa shape index (κ2) is 10.5. The number of furan rings is 1. The molecule has 0 fully saturated rings. The molecule has 8 heteroatoms. The predicted molar refractivity (Wildman–Crippen MR) is 115 cm³/mol. The lowest BCUT2D eigenvalue weighted by atomic mass is 10.1. The molecule has 0 aliphatic carbocycles. The van der Waals surface area contributed by atoms with E-state index in [1.54, 1.807) is 54.6 Å². The monoisotopic (exact) mass is 432 g/mol. The molecule has 0 radical (unpaired) electrons. The first-order chi connectivity index (χ1) is 15.5. The Kier molecular flexibility index (Phi) is 7.28. The Morgan fingerprint density at radius 2 is 1.72 bits per heavy atom. The molecule has 162 valence electrons. The molecule has 1 heterocycles. The number of hydrogen-bond donors (Lipinski definition) is 1. The zero-order valence-electron chi connectivity index (χ0n) is 17.5. The Balaban J connectivity index is 1.70. The van der Waals surface area contributed by atoms with Gasteiger partial charge in [0, 0.05) is 0 Å². The Morgan fingerprint density at radius 1 is 1.03 bits per heavy atom. The van der Waals surface area contributed by atoms with Gasteiger partial charge in [-0.25, -0.2) is 4.79 Å². The number of rotatable bonds is 8. The van der Waals surface area contributed by atoms with Crippen molar-refractivity contribution >= 4 is 18.0 Å². The summed E-state index contributed by atoms with van der Waals surface area (Å²) >= 11 is 0. The highest BCUT2D eigenvalue weighted by atomic mass is 16.5. The summed E-state index contributed by atoms with van der Waals surface area (Å²) in [7, 11) is 2.90. The summed E-state index contributed by atoms with van der Waals surface area (Å²) in [6, 6.07) is 16.6. The van der Waals surface area contributed by atoms with Crippen molar-refractivity contribution in [1.29, 1.82) is 5.26 Å². The Bertz CT molecular complexity index is 1140. The van der Waals surface area contributed by atoms with Gasteiger partial charge in [0.05, 0.1) is 27.0 Å². The third-order valence-corrected chi connectivity index (χ3v) is 4.40. The molecule has 1 amide bonds. The molecule has 1 aromatic heterocycles. The first kappa shape index (κ1) is 22.2. The fraction of sp³-hybridized carbons (Fsp3) is 0.125. The van der Waals surface area contributed by atoms with Gasteiger partial charge in [-0.2, -0.15) is 5.26 Å². The van der Waals surface area contributed by atoms with Crippen molar-refractivity contribution in [3.05, 3.63) is 83.3 Å². The highest BCUT2D eigenvalue weighted by molar-refractivity contribution is 6.01. The Labute approximate surface area is 184 Å². The molecule has 8 nitrogen and oxygen atoms in total. The summed E-state index contributed by atoms with van der Waals surface area (Å²) in [4.78, 5) is 24.9. The third-order valence-electron chi connectivity index (χ3n) is 4.40. The third kappa shape index (κ3) is 5.34. The van der Waals surface area contributed by atoms with E-state index >= 15 is 0 Å². The van der Waals surface area contributed by atoms with Crippen LogP contribution in [0.4, 0.5) is 0 Å². The number of carbonyl (C=O) groups is 2. The van der Waals surface area contributed by atoms with Crippen LogP contribution in [0.3, 0.4) is 0 Å². The smallest absolute Gasteiger partial charge is 0.351 e. The topological polar surface area (TPSA) is 111 Å². The second-order valence-electron chi connectivity index (χ2n) is 6.43. The molecule has 0 spiro atoms. The van der Waals surface area contributed by atoms with E-state index in [1.165, 1.54) is 26.6 Å². The number of esters is 1. The molecule has 3 rings (SSSR count). The number of amides is 1. The zero-order chi connectivity index (χ0) is 22.9. The van der Waals surface area contributed by atoms with Crippen LogP contribution in [-0.2, 0) is 11.3 Å². The number of methoxy groups -OCH3 is 2. The first-order valence-corrected chi connectivity index (χ1v) is 9.51. The average Bonchev–Trinajstić information content (AvgIpc) is 3.35. The fourth-order valence-corrected chi connectivity index (χ4v) is 2.83. The number of nitriles is 1. The molecule has 0 aliphatic rings. The summed E-state index contributed by atoms with van der Waals surface area (Å²) in [5.74, 6) is 0.343. The van der Waals surface area contributed by atoms with Gasteiger partial charge in [0.15, 0.2) is 0 Å². The standard InChI is InChI=1S/C24H20N2O6/c1-29-20-6-3-7-21(30-2)22(20)24(28)32-18-10-8-16(9-11-18)13-17(14-25)23(27)26-15-19-5-4-12-31-19/h3-13H,15H2,1-2H3,(H,26,27)/b17-13+. The SMILES string of the molecule is COc1cccc(OC)c1C(=O)Oc1ccc(/C=C(\C#N)C(=O)NCc2ccco2)cc1. The van der Waals surface area contributed by atoms with E-state index in [0.717, 1.165) is 0 Å². The highest BCUT2D eigenvalue weighted by Gasteiger charge is 2.20. The van der Waals surface area contributed by atoms with Crippen LogP contribution in [0.25, 0.3) is 6.08 Å². The van der Waals surface area contributed by atoms with Crippen molar-refractivity contribution in [2.24, 2.45) is 0 Å². The van der Waals surface area contributed by atoms with Crippen LogP contribution in [0.2, 0.25) is 0 Å². The summed E-state index contributed by atoms with van der Waals surface area (Å²) in [5.41, 5.74) is 0.686. The van der Waals surface area contributed by atoms with Gasteiger partial charge >= 0.3 is 5.97 Å². The van der Waals surface area contributed by atoms with Gasteiger partial charge in [0.25, 0.3) is 5.91 Å². The van der Waals surface area contributed by atoms with E-state index in [1.807, 2.05) is 6.07 Å². The molecule has 0 atom stereocenters. The number of nitrogens with one attached hydrogen (secondary N) is 1. The number of benzene rings is 2. The van der Waals surface area contributed by atoms with Crippen molar-refractivity contribution in [2.75, 3.05) is 14.2 Å². The van der Waals surface area contributed by atoms with E-state index in [-0.39, 0.29) is 23.4 Å². The molecule has 1 N–H and O–H groups in total. The lowest BCUT2D eigenvalue weighted by Crippen LogP contribution is -2.23. The number of ether oxygens (including phenoxy) is 3. The molecule has 0 saturated carbocycles. The minimum Gasteiger partial charge on any atom is -0.496 e. The van der Waals surface area contributed by atoms with E-state index in [4.69, 9.17) is 18.6 Å². The molecular formula is C24H20N2O6. The predicted octanol–water partition coefficient (Wildman–Crippen LogP) is 3.74. The maximum Gasteiger partial charge on any atom is 0.351 e. The largest absolute Gasteiger partial charge is 0.496 e. The van der Waals surface area contributed by atoms with E-state index in [2.05, 4.69) is 5.32 Å². The number of nitrogens with zero attached hydrogens (tertiary/aromatic N) is 1. The van der Waals surface area contributed by atoms with Crippen LogP contribution in [0, 0.1) is 11.3 Å². The van der Waals surface area contributed by atoms with E-state index in [9.17, 15) is 14.9 Å². The van der Waals surface area contributed by atoms with Gasteiger partial charge in [-0.15, -0.1) is 0 Å². The van der Waals surface area contributed by atoms with Crippen LogP contribution in [-0.4, -0.2) is 26.1 Å². The van der Waals surface area contributed by atoms with Gasteiger partial charge in [0.1, 0.15) is 40.2 Å². The second-order valence-corrected chi connectivity index (χ2v) is 6.43. The Hall–Kier alpha value is -4.51. The van der Waals surface area contributed by atoms with Gasteiger partial charge in [-0.1, -0.05) is 18.2 Å². The maximum atomic E-state index is 12.6. The van der Waals surface area contributed by atoms with Gasteiger partial charge in [-0.05, 0) is 48.0 Å². The summed E-state index contributed by atoms with van der Waals surface area (Å²) in [6.45, 7) is 0.173. The zero-order valence-corrected chi connectivity index (χ0v) is 17.5. The summed E-state index contributed by atoms with van der Waals surface area (Å²) < 4.78 is 21.0. The van der Waals surface area contributed by atoms with Crippen molar-refractivity contribution in [1.82, 2.24) is 5.32 Å². The van der Waals surface area contributed by atoms with Crippen molar-refractivity contribution in [2.45, 2.75) is 6.54 Å². The number of hydrogen-bond acceptors (Lipinski definition) is 7. The molecular weight excluding hydrogens is 412 g/mol. The molecule has 0 bridgehead atoms.